The molecule has 1 fully saturated rings. The van der Waals surface area contributed by atoms with Crippen LogP contribution in [0.4, 0.5) is 5.69 Å². The van der Waals surface area contributed by atoms with Gasteiger partial charge in [0.15, 0.2) is 0 Å². The van der Waals surface area contributed by atoms with E-state index in [0.29, 0.717) is 0 Å². The molecule has 0 aliphatic carbocycles. The van der Waals surface area contributed by atoms with Gasteiger partial charge < -0.3 is 9.88 Å². The number of nitrogens with one attached hydrogen (secondary N) is 1. The zero-order valence-corrected chi connectivity index (χ0v) is 16.7. The summed E-state index contributed by atoms with van der Waals surface area (Å²) in [6.45, 7) is 8.57. The van der Waals surface area contributed by atoms with E-state index in [1.165, 1.54) is 17.7 Å². The Morgan fingerprint density at radius 3 is 2.36 bits per heavy atom. The zero-order valence-electron chi connectivity index (χ0n) is 16.7. The van der Waals surface area contributed by atoms with Gasteiger partial charge in [-0.05, 0) is 50.6 Å². The van der Waals surface area contributed by atoms with E-state index in [0.717, 1.165) is 63.1 Å². The second-order valence-corrected chi connectivity index (χ2v) is 7.82. The number of H-pyrrole nitrogens is 1. The first-order valence-corrected chi connectivity index (χ1v) is 10.4. The fraction of sp³-hybridized carbons (Fsp3) is 0.435. The second-order valence-electron chi connectivity index (χ2n) is 7.82. The number of fused-ring (bicyclic) bond motifs is 1. The third kappa shape index (κ3) is 4.30. The van der Waals surface area contributed by atoms with Gasteiger partial charge in [0.25, 0.3) is 0 Å². The molecule has 0 atom stereocenters. The van der Waals surface area contributed by atoms with Gasteiger partial charge in [-0.1, -0.05) is 36.2 Å². The van der Waals surface area contributed by atoms with Crippen molar-refractivity contribution in [2.75, 3.05) is 37.6 Å². The van der Waals surface area contributed by atoms with Crippen molar-refractivity contribution in [2.24, 2.45) is 0 Å². The van der Waals surface area contributed by atoms with Crippen LogP contribution in [0, 0.1) is 6.92 Å². The summed E-state index contributed by atoms with van der Waals surface area (Å²) < 4.78 is 1.87. The van der Waals surface area contributed by atoms with Crippen molar-refractivity contribution in [2.45, 2.75) is 32.7 Å². The Balaban J connectivity index is 1.18. The molecule has 1 aliphatic heterocycles. The van der Waals surface area contributed by atoms with Crippen molar-refractivity contribution in [1.82, 2.24) is 14.5 Å². The first-order chi connectivity index (χ1) is 13.7. The van der Waals surface area contributed by atoms with Crippen LogP contribution in [-0.2, 0) is 6.54 Å². The largest absolute Gasteiger partial charge is 0.369 e. The van der Waals surface area contributed by atoms with Crippen molar-refractivity contribution < 1.29 is 0 Å². The molecule has 1 N–H and O–H groups in total. The predicted molar refractivity (Wildman–Crippen MR) is 116 cm³/mol. The van der Waals surface area contributed by atoms with E-state index in [9.17, 15) is 4.79 Å². The van der Waals surface area contributed by atoms with Crippen molar-refractivity contribution >= 4 is 16.7 Å². The van der Waals surface area contributed by atoms with E-state index in [-0.39, 0.29) is 5.69 Å². The summed E-state index contributed by atoms with van der Waals surface area (Å²) >= 11 is 0. The summed E-state index contributed by atoms with van der Waals surface area (Å²) in [4.78, 5) is 20.1. The van der Waals surface area contributed by atoms with Crippen LogP contribution in [0.2, 0.25) is 0 Å². The highest BCUT2D eigenvalue weighted by Gasteiger charge is 2.16. The fourth-order valence-corrected chi connectivity index (χ4v) is 4.10. The maximum atomic E-state index is 12.1. The normalized spacial score (nSPS) is 15.4. The average molecular weight is 379 g/mol. The third-order valence-electron chi connectivity index (χ3n) is 5.81. The number of anilines is 1. The number of benzene rings is 2. The Kier molecular flexibility index (Phi) is 5.81. The van der Waals surface area contributed by atoms with Crippen molar-refractivity contribution in [3.8, 4) is 0 Å². The highest BCUT2D eigenvalue weighted by Crippen LogP contribution is 2.17. The van der Waals surface area contributed by atoms with E-state index in [2.05, 4.69) is 46.0 Å². The Labute approximate surface area is 166 Å². The minimum Gasteiger partial charge on any atom is -0.369 e. The number of para-hydroxylation sites is 2. The molecule has 5 nitrogen and oxygen atoms in total. The monoisotopic (exact) mass is 378 g/mol. The van der Waals surface area contributed by atoms with Crippen LogP contribution in [-0.4, -0.2) is 47.2 Å². The Morgan fingerprint density at radius 1 is 0.857 bits per heavy atom. The summed E-state index contributed by atoms with van der Waals surface area (Å²) in [7, 11) is 0. The van der Waals surface area contributed by atoms with Gasteiger partial charge in [-0.15, -0.1) is 0 Å². The van der Waals surface area contributed by atoms with Crippen LogP contribution in [0.25, 0.3) is 11.0 Å². The van der Waals surface area contributed by atoms with Gasteiger partial charge in [-0.3, -0.25) is 9.47 Å². The molecule has 0 saturated carbocycles. The number of hydrogen-bond donors (Lipinski definition) is 1. The summed E-state index contributed by atoms with van der Waals surface area (Å²) in [5.74, 6) is 0. The first kappa shape index (κ1) is 18.8. The first-order valence-electron chi connectivity index (χ1n) is 10.4. The lowest BCUT2D eigenvalue weighted by Gasteiger charge is -2.36. The summed E-state index contributed by atoms with van der Waals surface area (Å²) in [6, 6.07) is 16.8. The zero-order chi connectivity index (χ0) is 19.3. The quantitative estimate of drug-likeness (QED) is 0.639. The maximum Gasteiger partial charge on any atom is 0.326 e. The number of nitrogens with zero attached hydrogens (tertiary/aromatic N) is 3. The van der Waals surface area contributed by atoms with Gasteiger partial charge >= 0.3 is 5.69 Å². The van der Waals surface area contributed by atoms with Gasteiger partial charge in [0.05, 0.1) is 11.0 Å². The number of piperazine rings is 1. The Bertz CT molecular complexity index is 949. The smallest absolute Gasteiger partial charge is 0.326 e. The van der Waals surface area contributed by atoms with Crippen LogP contribution in [0.5, 0.6) is 0 Å². The summed E-state index contributed by atoms with van der Waals surface area (Å²) in [5.41, 5.74) is 4.61. The standard InChI is InChI=1S/C23H30N4O/c1-19-9-11-20(12-10-19)26-17-15-25(16-18-26)13-5-2-6-14-27-22-8-4-3-7-21(22)24-23(27)28/h3-4,7-12H,2,5-6,13-18H2,1H3,(H,24,28). The van der Waals surface area contributed by atoms with E-state index < -0.39 is 0 Å². The highest BCUT2D eigenvalue weighted by molar-refractivity contribution is 5.74. The number of aromatic amines is 1. The van der Waals surface area contributed by atoms with E-state index in [4.69, 9.17) is 0 Å². The average Bonchev–Trinajstić information content (AvgIpc) is 3.04. The number of aromatic nitrogens is 2. The SMILES string of the molecule is Cc1ccc(N2CCN(CCCCCn3c(=O)[nH]c4ccccc43)CC2)cc1. The molecule has 5 heteroatoms. The lowest BCUT2D eigenvalue weighted by molar-refractivity contribution is 0.251. The van der Waals surface area contributed by atoms with Gasteiger partial charge in [-0.2, -0.15) is 0 Å². The molecular weight excluding hydrogens is 348 g/mol. The van der Waals surface area contributed by atoms with Crippen LogP contribution in [0.3, 0.4) is 0 Å². The van der Waals surface area contributed by atoms with E-state index in [1.54, 1.807) is 0 Å². The van der Waals surface area contributed by atoms with Gasteiger partial charge in [0.1, 0.15) is 0 Å². The number of imidazole rings is 1. The molecular formula is C23H30N4O. The lowest BCUT2D eigenvalue weighted by Crippen LogP contribution is -2.46. The molecule has 0 amide bonds. The molecule has 1 aromatic heterocycles. The number of hydrogen-bond acceptors (Lipinski definition) is 3. The molecule has 0 unspecified atom stereocenters. The van der Waals surface area contributed by atoms with E-state index in [1.807, 2.05) is 28.8 Å². The van der Waals surface area contributed by atoms with Crippen LogP contribution < -0.4 is 10.6 Å². The lowest BCUT2D eigenvalue weighted by atomic mass is 10.2. The Morgan fingerprint density at radius 2 is 1.57 bits per heavy atom. The minimum absolute atomic E-state index is 0.00780. The molecule has 2 heterocycles. The van der Waals surface area contributed by atoms with Gasteiger partial charge in [0, 0.05) is 38.4 Å². The molecule has 4 rings (SSSR count). The van der Waals surface area contributed by atoms with Crippen LogP contribution in [0.1, 0.15) is 24.8 Å². The molecule has 3 aromatic rings. The maximum absolute atomic E-state index is 12.1. The fourth-order valence-electron chi connectivity index (χ4n) is 4.10. The minimum atomic E-state index is 0.00780. The van der Waals surface area contributed by atoms with Gasteiger partial charge in [0.2, 0.25) is 0 Å². The third-order valence-corrected chi connectivity index (χ3v) is 5.81. The Hall–Kier alpha value is -2.53. The topological polar surface area (TPSA) is 44.3 Å². The number of unbranched alkanes of at least 4 members (excludes halogenated alkanes) is 2. The molecule has 0 radical (unpaired) electrons. The molecule has 1 aliphatic rings. The molecule has 2 aromatic carbocycles. The summed E-state index contributed by atoms with van der Waals surface area (Å²) in [5, 5.41) is 0. The van der Waals surface area contributed by atoms with Crippen molar-refractivity contribution in [3.05, 3.63) is 64.6 Å². The molecule has 0 spiro atoms. The van der Waals surface area contributed by atoms with Crippen molar-refractivity contribution in [3.63, 3.8) is 0 Å². The van der Waals surface area contributed by atoms with Gasteiger partial charge in [-0.25, -0.2) is 4.79 Å². The molecule has 0 bridgehead atoms. The van der Waals surface area contributed by atoms with Crippen molar-refractivity contribution in [1.29, 1.82) is 0 Å². The highest BCUT2D eigenvalue weighted by atomic mass is 16.1. The number of rotatable bonds is 7. The summed E-state index contributed by atoms with van der Waals surface area (Å²) in [6.07, 6.45) is 3.40. The van der Waals surface area contributed by atoms with E-state index >= 15 is 0 Å². The molecule has 28 heavy (non-hydrogen) atoms. The predicted octanol–water partition coefficient (Wildman–Crippen LogP) is 3.63. The molecule has 1 saturated heterocycles. The number of aryl methyl sites for hydroxylation is 2. The second kappa shape index (κ2) is 8.65. The molecule has 148 valence electrons. The van der Waals surface area contributed by atoms with Crippen LogP contribution >= 0.6 is 0 Å². The van der Waals surface area contributed by atoms with Crippen LogP contribution in [0.15, 0.2) is 53.3 Å².